The van der Waals surface area contributed by atoms with Crippen LogP contribution in [0.4, 0.5) is 0 Å². The summed E-state index contributed by atoms with van der Waals surface area (Å²) in [7, 11) is 0. The van der Waals surface area contributed by atoms with Gasteiger partial charge in [0.05, 0.1) is 18.2 Å². The van der Waals surface area contributed by atoms with E-state index in [0.717, 1.165) is 24.8 Å². The summed E-state index contributed by atoms with van der Waals surface area (Å²) in [5.41, 5.74) is 1.11. The van der Waals surface area contributed by atoms with E-state index in [0.29, 0.717) is 23.0 Å². The van der Waals surface area contributed by atoms with Crippen LogP contribution in [-0.2, 0) is 17.8 Å². The number of halogens is 1. The molecule has 0 radical (unpaired) electrons. The fourth-order valence-corrected chi connectivity index (χ4v) is 2.80. The summed E-state index contributed by atoms with van der Waals surface area (Å²) in [6, 6.07) is 10.6. The molecule has 0 saturated carbocycles. The van der Waals surface area contributed by atoms with Crippen molar-refractivity contribution in [3.8, 4) is 17.3 Å². The Balaban J connectivity index is 2.31. The molecule has 1 aromatic carbocycles. The molecule has 27 heavy (non-hydrogen) atoms. The first-order chi connectivity index (χ1) is 13.0. The van der Waals surface area contributed by atoms with Crippen LogP contribution in [0.2, 0.25) is 5.02 Å². The second kappa shape index (κ2) is 10.5. The van der Waals surface area contributed by atoms with Gasteiger partial charge in [0.2, 0.25) is 5.91 Å². The van der Waals surface area contributed by atoms with Crippen molar-refractivity contribution in [2.24, 2.45) is 0 Å². The van der Waals surface area contributed by atoms with Crippen molar-refractivity contribution in [1.82, 2.24) is 14.9 Å². The Morgan fingerprint density at radius 3 is 2.70 bits per heavy atom. The van der Waals surface area contributed by atoms with E-state index < -0.39 is 0 Å². The third-order valence-corrected chi connectivity index (χ3v) is 4.34. The van der Waals surface area contributed by atoms with Crippen LogP contribution in [0.3, 0.4) is 0 Å². The highest BCUT2D eigenvalue weighted by atomic mass is 35.5. The quantitative estimate of drug-likeness (QED) is 0.669. The summed E-state index contributed by atoms with van der Waals surface area (Å²) in [6.07, 6.45) is 3.82. The summed E-state index contributed by atoms with van der Waals surface area (Å²) >= 11 is 5.93. The van der Waals surface area contributed by atoms with Crippen LogP contribution in [-0.4, -0.2) is 22.0 Å². The van der Waals surface area contributed by atoms with E-state index in [1.165, 1.54) is 10.6 Å². The van der Waals surface area contributed by atoms with E-state index in [4.69, 9.17) is 16.9 Å². The van der Waals surface area contributed by atoms with Crippen LogP contribution < -0.4 is 10.9 Å². The van der Waals surface area contributed by atoms with Gasteiger partial charge in [-0.05, 0) is 18.6 Å². The zero-order chi connectivity index (χ0) is 19.6. The van der Waals surface area contributed by atoms with E-state index >= 15 is 0 Å². The average molecular weight is 387 g/mol. The lowest BCUT2D eigenvalue weighted by Gasteiger charge is -2.13. The summed E-state index contributed by atoms with van der Waals surface area (Å²) in [6.45, 7) is 2.28. The molecule has 2 rings (SSSR count). The van der Waals surface area contributed by atoms with E-state index in [1.54, 1.807) is 12.1 Å². The van der Waals surface area contributed by atoms with Gasteiger partial charge in [-0.25, -0.2) is 4.98 Å². The molecule has 6 nitrogen and oxygen atoms in total. The standard InChI is InChI=1S/C20H23ClN4O2/c1-2-3-4-6-18-24-17(15-7-9-16(21)10-8-15)13-20(27)25(18)14-19(26)23-12-5-11-22/h7-10,13H,2-6,12,14H2,1H3,(H,23,26). The second-order valence-corrected chi connectivity index (χ2v) is 6.64. The number of aromatic nitrogens is 2. The van der Waals surface area contributed by atoms with Gasteiger partial charge in [0.25, 0.3) is 5.56 Å². The molecule has 0 fully saturated rings. The number of unbranched alkanes of at least 4 members (excludes halogenated alkanes) is 2. The van der Waals surface area contributed by atoms with E-state index in [-0.39, 0.29) is 31.0 Å². The maximum Gasteiger partial charge on any atom is 0.254 e. The molecule has 1 N–H and O–H groups in total. The van der Waals surface area contributed by atoms with Gasteiger partial charge >= 0.3 is 0 Å². The van der Waals surface area contributed by atoms with Gasteiger partial charge in [-0.2, -0.15) is 5.26 Å². The van der Waals surface area contributed by atoms with Gasteiger partial charge in [-0.15, -0.1) is 0 Å². The highest BCUT2D eigenvalue weighted by Crippen LogP contribution is 2.19. The largest absolute Gasteiger partial charge is 0.354 e. The predicted molar refractivity (Wildman–Crippen MR) is 105 cm³/mol. The first kappa shape index (κ1) is 20.7. The molecule has 1 amide bonds. The lowest BCUT2D eigenvalue weighted by Crippen LogP contribution is -2.34. The SMILES string of the molecule is CCCCCc1nc(-c2ccc(Cl)cc2)cc(=O)n1CC(=O)NCCC#N. The molecule has 0 spiro atoms. The number of hydrogen-bond donors (Lipinski definition) is 1. The minimum Gasteiger partial charge on any atom is -0.354 e. The number of hydrogen-bond acceptors (Lipinski definition) is 4. The Morgan fingerprint density at radius 1 is 1.30 bits per heavy atom. The molecule has 0 atom stereocenters. The van der Waals surface area contributed by atoms with Crippen LogP contribution in [0, 0.1) is 11.3 Å². The number of rotatable bonds is 9. The lowest BCUT2D eigenvalue weighted by molar-refractivity contribution is -0.121. The maximum absolute atomic E-state index is 12.7. The molecule has 0 bridgehead atoms. The van der Waals surface area contributed by atoms with Crippen molar-refractivity contribution >= 4 is 17.5 Å². The molecular weight excluding hydrogens is 364 g/mol. The number of nitrogens with one attached hydrogen (secondary N) is 1. The number of aryl methyl sites for hydroxylation is 1. The molecule has 1 aromatic heterocycles. The van der Waals surface area contributed by atoms with Gasteiger partial charge in [0, 0.05) is 29.6 Å². The first-order valence-corrected chi connectivity index (χ1v) is 9.43. The van der Waals surface area contributed by atoms with Crippen LogP contribution in [0.1, 0.15) is 38.4 Å². The molecular formula is C20H23ClN4O2. The number of amides is 1. The van der Waals surface area contributed by atoms with Crippen molar-refractivity contribution in [2.75, 3.05) is 6.54 Å². The van der Waals surface area contributed by atoms with E-state index in [9.17, 15) is 9.59 Å². The number of carbonyl (C=O) groups excluding carboxylic acids is 1. The molecule has 7 heteroatoms. The molecule has 0 aliphatic carbocycles. The normalized spacial score (nSPS) is 10.4. The number of nitrogens with zero attached hydrogens (tertiary/aromatic N) is 3. The monoisotopic (exact) mass is 386 g/mol. The molecule has 142 valence electrons. The first-order valence-electron chi connectivity index (χ1n) is 9.05. The van der Waals surface area contributed by atoms with Crippen molar-refractivity contribution < 1.29 is 4.79 Å². The zero-order valence-corrected chi connectivity index (χ0v) is 16.1. The van der Waals surface area contributed by atoms with E-state index in [2.05, 4.69) is 17.2 Å². The van der Waals surface area contributed by atoms with Crippen LogP contribution in [0.15, 0.2) is 35.1 Å². The molecule has 1 heterocycles. The lowest BCUT2D eigenvalue weighted by atomic mass is 10.1. The Kier molecular flexibility index (Phi) is 8.02. The summed E-state index contributed by atoms with van der Waals surface area (Å²) in [5.74, 6) is 0.293. The van der Waals surface area contributed by atoms with Gasteiger partial charge in [0.15, 0.2) is 0 Å². The maximum atomic E-state index is 12.7. The highest BCUT2D eigenvalue weighted by molar-refractivity contribution is 6.30. The Morgan fingerprint density at radius 2 is 2.04 bits per heavy atom. The third kappa shape index (κ3) is 6.22. The predicted octanol–water partition coefficient (Wildman–Crippen LogP) is 3.33. The van der Waals surface area contributed by atoms with Gasteiger partial charge < -0.3 is 5.32 Å². The Hall–Kier alpha value is -2.65. The second-order valence-electron chi connectivity index (χ2n) is 6.20. The fourth-order valence-electron chi connectivity index (χ4n) is 2.67. The minimum absolute atomic E-state index is 0.0976. The average Bonchev–Trinajstić information content (AvgIpc) is 2.65. The number of carbonyl (C=O) groups is 1. The molecule has 0 aliphatic heterocycles. The Bertz CT molecular complexity index is 869. The smallest absolute Gasteiger partial charge is 0.254 e. The fraction of sp³-hybridized carbons (Fsp3) is 0.400. The van der Waals surface area contributed by atoms with Crippen LogP contribution >= 0.6 is 11.6 Å². The number of nitriles is 1. The summed E-state index contributed by atoms with van der Waals surface area (Å²) < 4.78 is 1.41. The molecule has 2 aromatic rings. The minimum atomic E-state index is -0.301. The van der Waals surface area contributed by atoms with Crippen molar-refractivity contribution in [1.29, 1.82) is 5.26 Å². The van der Waals surface area contributed by atoms with Gasteiger partial charge in [0.1, 0.15) is 12.4 Å². The van der Waals surface area contributed by atoms with Crippen LogP contribution in [0.25, 0.3) is 11.3 Å². The van der Waals surface area contributed by atoms with E-state index in [1.807, 2.05) is 18.2 Å². The van der Waals surface area contributed by atoms with Gasteiger partial charge in [-0.3, -0.25) is 14.2 Å². The summed E-state index contributed by atoms with van der Waals surface area (Å²) in [4.78, 5) is 29.4. The van der Waals surface area contributed by atoms with Crippen molar-refractivity contribution in [3.63, 3.8) is 0 Å². The van der Waals surface area contributed by atoms with Crippen LogP contribution in [0.5, 0.6) is 0 Å². The highest BCUT2D eigenvalue weighted by Gasteiger charge is 2.13. The topological polar surface area (TPSA) is 87.8 Å². The molecule has 0 saturated heterocycles. The summed E-state index contributed by atoms with van der Waals surface area (Å²) in [5, 5.41) is 11.8. The van der Waals surface area contributed by atoms with Crippen molar-refractivity contribution in [3.05, 3.63) is 51.5 Å². The number of benzene rings is 1. The molecule has 0 aliphatic rings. The zero-order valence-electron chi connectivity index (χ0n) is 15.4. The Labute approximate surface area is 163 Å². The van der Waals surface area contributed by atoms with Crippen molar-refractivity contribution in [2.45, 2.75) is 45.6 Å². The van der Waals surface area contributed by atoms with Gasteiger partial charge in [-0.1, -0.05) is 43.5 Å². The third-order valence-electron chi connectivity index (χ3n) is 4.09. The molecule has 0 unspecified atom stereocenters.